The van der Waals surface area contributed by atoms with E-state index in [1.54, 1.807) is 16.8 Å². The Bertz CT molecular complexity index is 749. The lowest BCUT2D eigenvalue weighted by Gasteiger charge is -2.34. The van der Waals surface area contributed by atoms with Crippen LogP contribution in [0.1, 0.15) is 11.5 Å². The Morgan fingerprint density at radius 2 is 1.84 bits per heavy atom. The van der Waals surface area contributed by atoms with Crippen LogP contribution in [-0.2, 0) is 13.1 Å². The Balaban J connectivity index is 1.45. The van der Waals surface area contributed by atoms with Gasteiger partial charge in [-0.05, 0) is 13.0 Å². The Kier molecular flexibility index (Phi) is 5.77. The van der Waals surface area contributed by atoms with Crippen LogP contribution in [-0.4, -0.2) is 75.8 Å². The number of rotatable bonds is 6. The average molecular weight is 363 g/mol. The Hall–Kier alpha value is -1.84. The lowest BCUT2D eigenvalue weighted by atomic mass is 10.3. The second kappa shape index (κ2) is 8.03. The fourth-order valence-corrected chi connectivity index (χ4v) is 3.40. The zero-order valence-electron chi connectivity index (χ0n) is 15.1. The fourth-order valence-electron chi connectivity index (χ4n) is 2.81. The van der Waals surface area contributed by atoms with Gasteiger partial charge in [0.15, 0.2) is 5.82 Å². The third-order valence-corrected chi connectivity index (χ3v) is 5.22. The SMILES string of the molecule is Cc1ccc(=O)n(CCN2CCN(Cc3nsc(N(C)C)n3)CC2)n1. The van der Waals surface area contributed by atoms with Crippen molar-refractivity contribution in [3.8, 4) is 0 Å². The number of piperazine rings is 1. The molecule has 0 unspecified atom stereocenters. The molecule has 2 aromatic heterocycles. The summed E-state index contributed by atoms with van der Waals surface area (Å²) >= 11 is 1.44. The van der Waals surface area contributed by atoms with Crippen molar-refractivity contribution in [2.75, 3.05) is 51.7 Å². The van der Waals surface area contributed by atoms with Gasteiger partial charge in [0.25, 0.3) is 5.56 Å². The first kappa shape index (κ1) is 18.0. The maximum absolute atomic E-state index is 11.8. The molecule has 0 amide bonds. The van der Waals surface area contributed by atoms with Gasteiger partial charge >= 0.3 is 0 Å². The minimum atomic E-state index is -0.0319. The van der Waals surface area contributed by atoms with Gasteiger partial charge in [-0.15, -0.1) is 0 Å². The molecular formula is C16H25N7OS. The van der Waals surface area contributed by atoms with Crippen LogP contribution in [0.4, 0.5) is 5.13 Å². The largest absolute Gasteiger partial charge is 0.353 e. The van der Waals surface area contributed by atoms with E-state index in [4.69, 9.17) is 0 Å². The number of nitrogens with zero attached hydrogens (tertiary/aromatic N) is 7. The van der Waals surface area contributed by atoms with E-state index in [0.717, 1.165) is 55.9 Å². The van der Waals surface area contributed by atoms with E-state index in [0.29, 0.717) is 6.54 Å². The molecule has 3 rings (SSSR count). The summed E-state index contributed by atoms with van der Waals surface area (Å²) in [5.41, 5.74) is 0.841. The summed E-state index contributed by atoms with van der Waals surface area (Å²) in [5.74, 6) is 0.901. The molecule has 1 aliphatic heterocycles. The molecule has 1 saturated heterocycles. The van der Waals surface area contributed by atoms with E-state index < -0.39 is 0 Å². The highest BCUT2D eigenvalue weighted by molar-refractivity contribution is 7.09. The van der Waals surface area contributed by atoms with Gasteiger partial charge in [-0.3, -0.25) is 14.6 Å². The van der Waals surface area contributed by atoms with Crippen LogP contribution in [0.3, 0.4) is 0 Å². The lowest BCUT2D eigenvalue weighted by molar-refractivity contribution is 0.121. The molecule has 136 valence electrons. The summed E-state index contributed by atoms with van der Waals surface area (Å²) in [5, 5.41) is 5.24. The van der Waals surface area contributed by atoms with Gasteiger partial charge in [0, 0.05) is 64.4 Å². The van der Waals surface area contributed by atoms with Crippen LogP contribution in [0, 0.1) is 6.92 Å². The predicted octanol–water partition coefficient (Wildman–Crippen LogP) is 0.287. The average Bonchev–Trinajstić information content (AvgIpc) is 3.06. The molecule has 0 aromatic carbocycles. The van der Waals surface area contributed by atoms with E-state index in [-0.39, 0.29) is 5.56 Å². The molecule has 2 aromatic rings. The maximum Gasteiger partial charge on any atom is 0.266 e. The van der Waals surface area contributed by atoms with E-state index in [1.165, 1.54) is 11.5 Å². The monoisotopic (exact) mass is 363 g/mol. The predicted molar refractivity (Wildman–Crippen MR) is 99.2 cm³/mol. The molecule has 0 N–H and O–H groups in total. The summed E-state index contributed by atoms with van der Waals surface area (Å²) in [4.78, 5) is 23.1. The molecular weight excluding hydrogens is 338 g/mol. The second-order valence-electron chi connectivity index (χ2n) is 6.54. The van der Waals surface area contributed by atoms with Gasteiger partial charge in [0.05, 0.1) is 18.8 Å². The van der Waals surface area contributed by atoms with E-state index in [2.05, 4.69) is 24.3 Å². The first-order valence-electron chi connectivity index (χ1n) is 8.50. The summed E-state index contributed by atoms with van der Waals surface area (Å²) in [6.07, 6.45) is 0. The van der Waals surface area contributed by atoms with Crippen LogP contribution in [0.5, 0.6) is 0 Å². The number of anilines is 1. The van der Waals surface area contributed by atoms with E-state index in [1.807, 2.05) is 25.9 Å². The summed E-state index contributed by atoms with van der Waals surface area (Å²) < 4.78 is 5.99. The first-order valence-corrected chi connectivity index (χ1v) is 9.28. The lowest BCUT2D eigenvalue weighted by Crippen LogP contribution is -2.47. The van der Waals surface area contributed by atoms with Crippen molar-refractivity contribution in [1.82, 2.24) is 28.9 Å². The second-order valence-corrected chi connectivity index (χ2v) is 7.27. The van der Waals surface area contributed by atoms with Crippen LogP contribution in [0.15, 0.2) is 16.9 Å². The van der Waals surface area contributed by atoms with Gasteiger partial charge in [0.2, 0.25) is 5.13 Å². The van der Waals surface area contributed by atoms with Crippen LogP contribution in [0.25, 0.3) is 0 Å². The quantitative estimate of drug-likeness (QED) is 0.730. The van der Waals surface area contributed by atoms with Crippen LogP contribution < -0.4 is 10.5 Å². The van der Waals surface area contributed by atoms with Gasteiger partial charge in [-0.25, -0.2) is 9.67 Å². The minimum Gasteiger partial charge on any atom is -0.353 e. The third kappa shape index (κ3) is 4.83. The van der Waals surface area contributed by atoms with Crippen molar-refractivity contribution in [2.45, 2.75) is 20.0 Å². The van der Waals surface area contributed by atoms with Crippen LogP contribution >= 0.6 is 11.5 Å². The topological polar surface area (TPSA) is 70.4 Å². The molecule has 1 aliphatic rings. The normalized spacial score (nSPS) is 16.3. The summed E-state index contributed by atoms with van der Waals surface area (Å²) in [7, 11) is 3.97. The standard InChI is InChI=1S/C16H25N7OS/c1-13-4-5-15(24)23(18-13)11-10-21-6-8-22(9-7-21)12-14-17-16(20(2)3)25-19-14/h4-5H,6-12H2,1-3H3. The molecule has 8 nitrogen and oxygen atoms in total. The maximum atomic E-state index is 11.8. The molecule has 0 saturated carbocycles. The van der Waals surface area contributed by atoms with Crippen molar-refractivity contribution in [2.24, 2.45) is 0 Å². The number of hydrogen-bond donors (Lipinski definition) is 0. The van der Waals surface area contributed by atoms with Gasteiger partial charge in [-0.1, -0.05) is 0 Å². The molecule has 0 radical (unpaired) electrons. The number of hydrogen-bond acceptors (Lipinski definition) is 8. The first-order chi connectivity index (χ1) is 12.0. The summed E-state index contributed by atoms with van der Waals surface area (Å²) in [6, 6.07) is 3.34. The number of aryl methyl sites for hydroxylation is 1. The third-order valence-electron chi connectivity index (χ3n) is 4.30. The molecule has 25 heavy (non-hydrogen) atoms. The molecule has 3 heterocycles. The molecule has 0 spiro atoms. The highest BCUT2D eigenvalue weighted by Crippen LogP contribution is 2.15. The van der Waals surface area contributed by atoms with Crippen molar-refractivity contribution < 1.29 is 0 Å². The Labute approximate surface area is 151 Å². The molecule has 0 atom stereocenters. The van der Waals surface area contributed by atoms with Crippen molar-refractivity contribution in [3.05, 3.63) is 34.0 Å². The molecule has 0 bridgehead atoms. The van der Waals surface area contributed by atoms with Crippen molar-refractivity contribution in [1.29, 1.82) is 0 Å². The Morgan fingerprint density at radius 3 is 2.52 bits per heavy atom. The fraction of sp³-hybridized carbons (Fsp3) is 0.625. The van der Waals surface area contributed by atoms with Gasteiger partial charge < -0.3 is 4.90 Å². The smallest absolute Gasteiger partial charge is 0.266 e. The van der Waals surface area contributed by atoms with E-state index >= 15 is 0 Å². The molecule has 1 fully saturated rings. The van der Waals surface area contributed by atoms with E-state index in [9.17, 15) is 4.79 Å². The molecule has 9 heteroatoms. The Morgan fingerprint density at radius 1 is 1.12 bits per heavy atom. The van der Waals surface area contributed by atoms with Gasteiger partial charge in [-0.2, -0.15) is 9.47 Å². The zero-order chi connectivity index (χ0) is 17.8. The highest BCUT2D eigenvalue weighted by atomic mass is 32.1. The van der Waals surface area contributed by atoms with Crippen LogP contribution in [0.2, 0.25) is 0 Å². The van der Waals surface area contributed by atoms with Crippen molar-refractivity contribution >= 4 is 16.7 Å². The summed E-state index contributed by atoms with van der Waals surface area (Å²) in [6.45, 7) is 8.17. The highest BCUT2D eigenvalue weighted by Gasteiger charge is 2.18. The van der Waals surface area contributed by atoms with Crippen molar-refractivity contribution in [3.63, 3.8) is 0 Å². The minimum absolute atomic E-state index is 0.0319. The number of aromatic nitrogens is 4. The molecule has 0 aliphatic carbocycles. The zero-order valence-corrected chi connectivity index (χ0v) is 15.9. The van der Waals surface area contributed by atoms with Gasteiger partial charge in [0.1, 0.15) is 0 Å².